The molecule has 0 aromatic carbocycles. The van der Waals surface area contributed by atoms with Crippen molar-refractivity contribution >= 4 is 0 Å². The van der Waals surface area contributed by atoms with E-state index in [0.717, 1.165) is 69.0 Å². The zero-order chi connectivity index (χ0) is 21.9. The first kappa shape index (κ1) is 22.4. The van der Waals surface area contributed by atoms with E-state index in [1.807, 2.05) is 6.92 Å². The summed E-state index contributed by atoms with van der Waals surface area (Å²) in [5.74, 6) is 3.38. The summed E-state index contributed by atoms with van der Waals surface area (Å²) in [7, 11) is 0. The van der Waals surface area contributed by atoms with Gasteiger partial charge in [-0.1, -0.05) is 31.9 Å². The Morgan fingerprint density at radius 2 is 1.71 bits per heavy atom. The van der Waals surface area contributed by atoms with Gasteiger partial charge >= 0.3 is 0 Å². The van der Waals surface area contributed by atoms with Crippen molar-refractivity contribution in [1.82, 2.24) is 0 Å². The summed E-state index contributed by atoms with van der Waals surface area (Å²) in [6, 6.07) is 0. The van der Waals surface area contributed by atoms with E-state index >= 15 is 0 Å². The van der Waals surface area contributed by atoms with Gasteiger partial charge in [0.25, 0.3) is 0 Å². The average molecular weight is 431 g/mol. The molecule has 7 atom stereocenters. The van der Waals surface area contributed by atoms with Crippen LogP contribution >= 0.6 is 0 Å². The normalized spacial score (nSPS) is 49.0. The van der Waals surface area contributed by atoms with E-state index in [4.69, 9.17) is 4.74 Å². The number of allylic oxidation sites excluding steroid dienone is 1. The second-order valence-electron chi connectivity index (χ2n) is 13.0. The zero-order valence-electron chi connectivity index (χ0n) is 20.3. The van der Waals surface area contributed by atoms with Crippen molar-refractivity contribution in [2.24, 2.45) is 34.5 Å². The second-order valence-corrected chi connectivity index (χ2v) is 13.0. The molecule has 3 unspecified atom stereocenters. The van der Waals surface area contributed by atoms with Gasteiger partial charge in [-0.05, 0) is 118 Å². The van der Waals surface area contributed by atoms with Gasteiger partial charge in [0, 0.05) is 13.2 Å². The van der Waals surface area contributed by atoms with Gasteiger partial charge in [-0.15, -0.1) is 0 Å². The van der Waals surface area contributed by atoms with Gasteiger partial charge in [0.1, 0.15) is 0 Å². The second kappa shape index (κ2) is 7.84. The fraction of sp³-hybridized carbons (Fsp3) is 0.929. The number of hydrogen-bond acceptors (Lipinski definition) is 3. The number of rotatable bonds is 4. The quantitative estimate of drug-likeness (QED) is 0.536. The third-order valence-corrected chi connectivity index (χ3v) is 11.2. The van der Waals surface area contributed by atoms with Crippen LogP contribution in [-0.2, 0) is 4.74 Å². The largest absolute Gasteiger partial charge is 0.390 e. The van der Waals surface area contributed by atoms with Crippen LogP contribution < -0.4 is 0 Å². The average Bonchev–Trinajstić information content (AvgIpc) is 3.05. The predicted molar refractivity (Wildman–Crippen MR) is 125 cm³/mol. The third-order valence-electron chi connectivity index (χ3n) is 11.2. The zero-order valence-corrected chi connectivity index (χ0v) is 20.3. The van der Waals surface area contributed by atoms with Crippen LogP contribution in [0.1, 0.15) is 104 Å². The Morgan fingerprint density at radius 3 is 2.48 bits per heavy atom. The highest BCUT2D eigenvalue weighted by Gasteiger charge is 2.58. The molecule has 4 aliphatic carbocycles. The van der Waals surface area contributed by atoms with Gasteiger partial charge in [-0.2, -0.15) is 0 Å². The van der Waals surface area contributed by atoms with Crippen LogP contribution in [-0.4, -0.2) is 34.6 Å². The molecule has 5 aliphatic rings. The molecule has 1 saturated heterocycles. The minimum atomic E-state index is -0.492. The molecular weight excluding hydrogens is 384 g/mol. The maximum atomic E-state index is 10.9. The highest BCUT2D eigenvalue weighted by Crippen LogP contribution is 2.67. The lowest BCUT2D eigenvalue weighted by atomic mass is 9.46. The van der Waals surface area contributed by atoms with Crippen molar-refractivity contribution in [1.29, 1.82) is 0 Å². The predicted octanol–water partition coefficient (Wildman–Crippen LogP) is 6.03. The van der Waals surface area contributed by atoms with Crippen molar-refractivity contribution in [3.8, 4) is 0 Å². The smallest absolute Gasteiger partial charge is 0.0691 e. The first-order chi connectivity index (χ1) is 14.7. The lowest BCUT2D eigenvalue weighted by Gasteiger charge is -2.59. The summed E-state index contributed by atoms with van der Waals surface area (Å²) in [5.41, 5.74) is 1.45. The Bertz CT molecular complexity index is 705. The molecule has 176 valence electrons. The van der Waals surface area contributed by atoms with E-state index in [1.165, 1.54) is 51.4 Å². The molecule has 3 heteroatoms. The SMILES string of the molecule is CC12CC[C@](C)(O)CC1=CC[C@@H]1C2CC[C@@]2(C)C1CC[C@@H]2CCCC1(O)CCOCC1. The fourth-order valence-electron chi connectivity index (χ4n) is 9.07. The van der Waals surface area contributed by atoms with E-state index < -0.39 is 11.2 Å². The number of aliphatic hydroxyl groups is 2. The number of ether oxygens (including phenoxy) is 1. The Kier molecular flexibility index (Phi) is 5.67. The summed E-state index contributed by atoms with van der Waals surface area (Å²) >= 11 is 0. The highest BCUT2D eigenvalue weighted by atomic mass is 16.5. The topological polar surface area (TPSA) is 49.7 Å². The van der Waals surface area contributed by atoms with Crippen molar-refractivity contribution in [2.45, 2.75) is 115 Å². The van der Waals surface area contributed by atoms with Crippen LogP contribution in [0.2, 0.25) is 0 Å². The van der Waals surface area contributed by atoms with Crippen LogP contribution in [0.5, 0.6) is 0 Å². The Morgan fingerprint density at radius 1 is 0.935 bits per heavy atom. The van der Waals surface area contributed by atoms with Crippen LogP contribution in [0.4, 0.5) is 0 Å². The number of fused-ring (bicyclic) bond motifs is 5. The van der Waals surface area contributed by atoms with Gasteiger partial charge < -0.3 is 14.9 Å². The van der Waals surface area contributed by atoms with Crippen molar-refractivity contribution in [2.75, 3.05) is 13.2 Å². The molecule has 2 N–H and O–H groups in total. The van der Waals surface area contributed by atoms with E-state index in [1.54, 1.807) is 5.57 Å². The fourth-order valence-corrected chi connectivity index (χ4v) is 9.07. The Labute approximate surface area is 190 Å². The molecule has 0 bridgehead atoms. The molecule has 0 radical (unpaired) electrons. The molecule has 0 amide bonds. The number of hydrogen-bond donors (Lipinski definition) is 2. The van der Waals surface area contributed by atoms with E-state index in [9.17, 15) is 10.2 Å². The standard InChI is InChI=1S/C28H46O3/c1-25(29)13-14-27(3)21(19-25)6-8-22-23-9-7-20(26(23,2)12-10-24(22)27)5-4-11-28(30)15-17-31-18-16-28/h6,20,22-24,29-30H,4-5,7-19H2,1-3H3/t20-,22-,23?,24?,25-,26+,27?/m0/s1. The minimum absolute atomic E-state index is 0.330. The van der Waals surface area contributed by atoms with Crippen LogP contribution in [0, 0.1) is 34.5 Å². The summed E-state index contributed by atoms with van der Waals surface area (Å²) in [4.78, 5) is 0. The molecule has 3 saturated carbocycles. The van der Waals surface area contributed by atoms with Gasteiger partial charge in [0.15, 0.2) is 0 Å². The molecule has 31 heavy (non-hydrogen) atoms. The van der Waals surface area contributed by atoms with E-state index in [0.29, 0.717) is 10.8 Å². The Balaban J connectivity index is 1.26. The molecule has 0 aromatic rings. The summed E-state index contributed by atoms with van der Waals surface area (Å²) < 4.78 is 5.46. The molecule has 4 fully saturated rings. The van der Waals surface area contributed by atoms with Gasteiger partial charge in [0.2, 0.25) is 0 Å². The monoisotopic (exact) mass is 430 g/mol. The van der Waals surface area contributed by atoms with Gasteiger partial charge in [-0.3, -0.25) is 0 Å². The molecule has 0 aromatic heterocycles. The molecule has 5 rings (SSSR count). The van der Waals surface area contributed by atoms with Gasteiger partial charge in [-0.25, -0.2) is 0 Å². The summed E-state index contributed by atoms with van der Waals surface area (Å²) in [5, 5.41) is 21.5. The third kappa shape index (κ3) is 3.85. The van der Waals surface area contributed by atoms with Crippen LogP contribution in [0.25, 0.3) is 0 Å². The van der Waals surface area contributed by atoms with Crippen molar-refractivity contribution < 1.29 is 14.9 Å². The lowest BCUT2D eigenvalue weighted by Crippen LogP contribution is -2.51. The minimum Gasteiger partial charge on any atom is -0.390 e. The van der Waals surface area contributed by atoms with Gasteiger partial charge in [0.05, 0.1) is 11.2 Å². The van der Waals surface area contributed by atoms with Crippen molar-refractivity contribution in [3.05, 3.63) is 11.6 Å². The molecule has 0 spiro atoms. The Hall–Kier alpha value is -0.380. The van der Waals surface area contributed by atoms with Crippen LogP contribution in [0.3, 0.4) is 0 Å². The lowest BCUT2D eigenvalue weighted by molar-refractivity contribution is -0.0744. The summed E-state index contributed by atoms with van der Waals surface area (Å²) in [6.45, 7) is 8.66. The van der Waals surface area contributed by atoms with Crippen LogP contribution in [0.15, 0.2) is 11.6 Å². The molecule has 1 heterocycles. The summed E-state index contributed by atoms with van der Waals surface area (Å²) in [6.07, 6.45) is 17.5. The first-order valence-electron chi connectivity index (χ1n) is 13.4. The molecule has 1 aliphatic heterocycles. The molecular formula is C28H46O3. The molecule has 3 nitrogen and oxygen atoms in total. The maximum absolute atomic E-state index is 10.9. The maximum Gasteiger partial charge on any atom is 0.0691 e. The van der Waals surface area contributed by atoms with E-state index in [-0.39, 0.29) is 0 Å². The highest BCUT2D eigenvalue weighted by molar-refractivity contribution is 5.26. The van der Waals surface area contributed by atoms with E-state index in [2.05, 4.69) is 19.9 Å². The first-order valence-corrected chi connectivity index (χ1v) is 13.4. The van der Waals surface area contributed by atoms with Crippen molar-refractivity contribution in [3.63, 3.8) is 0 Å².